The van der Waals surface area contributed by atoms with Gasteiger partial charge in [-0.1, -0.05) is 23.3 Å². The number of carbonyl (C=O) groups excluding carboxylic acids is 2. The number of aliphatic hydroxyl groups excluding tert-OH is 2. The van der Waals surface area contributed by atoms with Crippen molar-refractivity contribution in [3.63, 3.8) is 0 Å². The summed E-state index contributed by atoms with van der Waals surface area (Å²) in [4.78, 5) is 25.6. The fraction of sp³-hybridized carbons (Fsp3) is 0.524. The number of Topliss-reactive ketones (excluding diaryl/α,β-unsaturated/α-hetero) is 2. The minimum Gasteiger partial charge on any atom is -0.508 e. The Labute approximate surface area is 161 Å². The molecule has 1 aliphatic carbocycles. The number of ketones is 2. The zero-order chi connectivity index (χ0) is 20.9. The van der Waals surface area contributed by atoms with Crippen LogP contribution in [0.3, 0.4) is 0 Å². The second kappa shape index (κ2) is 9.15. The molecular formula is C21H31NO5. The highest BCUT2D eigenvalue weighted by molar-refractivity contribution is 6.25. The molecule has 0 aliphatic heterocycles. The van der Waals surface area contributed by atoms with Crippen molar-refractivity contribution in [2.24, 2.45) is 0 Å². The highest BCUT2D eigenvalue weighted by Crippen LogP contribution is 2.38. The van der Waals surface area contributed by atoms with Crippen LogP contribution in [0.1, 0.15) is 53.9 Å². The summed E-state index contributed by atoms with van der Waals surface area (Å²) >= 11 is 0. The third kappa shape index (κ3) is 5.17. The summed E-state index contributed by atoms with van der Waals surface area (Å²) < 4.78 is 0. The van der Waals surface area contributed by atoms with Crippen LogP contribution in [0.5, 0.6) is 0 Å². The Morgan fingerprint density at radius 1 is 1.15 bits per heavy atom. The largest absolute Gasteiger partial charge is 0.508 e. The van der Waals surface area contributed by atoms with E-state index in [9.17, 15) is 24.9 Å². The van der Waals surface area contributed by atoms with E-state index in [-0.39, 0.29) is 30.9 Å². The molecule has 0 spiro atoms. The molecule has 0 aromatic carbocycles. The molecule has 2 atom stereocenters. The Bertz CT molecular complexity index is 734. The van der Waals surface area contributed by atoms with Crippen molar-refractivity contribution in [3.05, 3.63) is 46.0 Å². The maximum Gasteiger partial charge on any atom is 0.209 e. The van der Waals surface area contributed by atoms with Gasteiger partial charge in [-0.15, -0.1) is 0 Å². The summed E-state index contributed by atoms with van der Waals surface area (Å²) in [6, 6.07) is -0.211. The molecule has 150 valence electrons. The van der Waals surface area contributed by atoms with Gasteiger partial charge in [0, 0.05) is 24.5 Å². The van der Waals surface area contributed by atoms with E-state index in [0.717, 1.165) is 11.1 Å². The van der Waals surface area contributed by atoms with Gasteiger partial charge < -0.3 is 20.6 Å². The maximum atomic E-state index is 12.9. The first-order valence-corrected chi connectivity index (χ1v) is 9.06. The summed E-state index contributed by atoms with van der Waals surface area (Å²) in [7, 11) is 1.69. The molecule has 4 N–H and O–H groups in total. The molecule has 0 amide bonds. The molecule has 0 saturated heterocycles. The number of hydrogen-bond acceptors (Lipinski definition) is 6. The third-order valence-corrected chi connectivity index (χ3v) is 4.59. The SMILES string of the molecule is CNC(C)CC(=O)C1=C(O)C(CC=C(C)C)=C(O)[C@@](O)(CC=C(C)C)C1=O. The van der Waals surface area contributed by atoms with E-state index in [0.29, 0.717) is 0 Å². The molecule has 0 aromatic rings. The fourth-order valence-corrected chi connectivity index (χ4v) is 2.72. The van der Waals surface area contributed by atoms with Gasteiger partial charge in [-0.2, -0.15) is 0 Å². The Morgan fingerprint density at radius 3 is 2.19 bits per heavy atom. The minimum atomic E-state index is -2.26. The number of rotatable bonds is 8. The predicted molar refractivity (Wildman–Crippen MR) is 106 cm³/mol. The molecule has 0 heterocycles. The number of hydrogen-bond donors (Lipinski definition) is 4. The first-order chi connectivity index (χ1) is 12.5. The van der Waals surface area contributed by atoms with Crippen molar-refractivity contribution >= 4 is 11.6 Å². The summed E-state index contributed by atoms with van der Waals surface area (Å²) in [6.07, 6.45) is 3.27. The minimum absolute atomic E-state index is 0.000849. The number of nitrogens with one attached hydrogen (secondary N) is 1. The molecule has 1 rings (SSSR count). The molecule has 0 saturated carbocycles. The van der Waals surface area contributed by atoms with E-state index in [2.05, 4.69) is 5.32 Å². The molecule has 0 radical (unpaired) electrons. The van der Waals surface area contributed by atoms with Gasteiger partial charge >= 0.3 is 0 Å². The molecule has 6 nitrogen and oxygen atoms in total. The standard InChI is InChI=1S/C21H31NO5/c1-12(2)7-8-15-18(24)17(16(23)11-14(5)22-6)20(26)21(27,19(15)25)10-9-13(3)4/h7,9,14,22,24-25,27H,8,10-11H2,1-6H3/t14?,21-/m0/s1. The van der Waals surface area contributed by atoms with Crippen LogP contribution >= 0.6 is 0 Å². The molecule has 27 heavy (non-hydrogen) atoms. The van der Waals surface area contributed by atoms with E-state index in [4.69, 9.17) is 0 Å². The van der Waals surface area contributed by atoms with Gasteiger partial charge in [-0.25, -0.2) is 0 Å². The molecule has 0 fully saturated rings. The van der Waals surface area contributed by atoms with Crippen molar-refractivity contribution in [2.75, 3.05) is 7.05 Å². The third-order valence-electron chi connectivity index (χ3n) is 4.59. The van der Waals surface area contributed by atoms with Crippen LogP contribution in [0.15, 0.2) is 46.0 Å². The lowest BCUT2D eigenvalue weighted by Crippen LogP contribution is -2.47. The number of aliphatic hydroxyl groups is 3. The van der Waals surface area contributed by atoms with Crippen LogP contribution in [-0.4, -0.2) is 45.6 Å². The summed E-state index contributed by atoms with van der Waals surface area (Å²) in [5, 5.41) is 35.1. The van der Waals surface area contributed by atoms with Crippen LogP contribution in [0.4, 0.5) is 0 Å². The maximum absolute atomic E-state index is 12.9. The molecule has 1 unspecified atom stereocenters. The molecule has 0 aromatic heterocycles. The van der Waals surface area contributed by atoms with E-state index in [1.807, 2.05) is 13.8 Å². The van der Waals surface area contributed by atoms with E-state index in [1.54, 1.807) is 40.0 Å². The first kappa shape index (κ1) is 22.9. The van der Waals surface area contributed by atoms with Gasteiger partial charge in [0.1, 0.15) is 17.1 Å². The average molecular weight is 377 g/mol. The second-order valence-corrected chi connectivity index (χ2v) is 7.53. The molecule has 1 aliphatic rings. The quantitative estimate of drug-likeness (QED) is 0.382. The van der Waals surface area contributed by atoms with Crippen LogP contribution in [-0.2, 0) is 9.59 Å². The second-order valence-electron chi connectivity index (χ2n) is 7.53. The van der Waals surface area contributed by atoms with Gasteiger partial charge in [-0.05, 0) is 48.1 Å². The van der Waals surface area contributed by atoms with Crippen molar-refractivity contribution in [1.29, 1.82) is 0 Å². The van der Waals surface area contributed by atoms with Gasteiger partial charge in [0.05, 0.1) is 0 Å². The van der Waals surface area contributed by atoms with Crippen LogP contribution in [0.25, 0.3) is 0 Å². The zero-order valence-electron chi connectivity index (χ0n) is 17.0. The Kier molecular flexibility index (Phi) is 7.75. The van der Waals surface area contributed by atoms with E-state index >= 15 is 0 Å². The summed E-state index contributed by atoms with van der Waals surface area (Å²) in [6.45, 7) is 9.07. The lowest BCUT2D eigenvalue weighted by molar-refractivity contribution is -0.135. The highest BCUT2D eigenvalue weighted by atomic mass is 16.3. The zero-order valence-corrected chi connectivity index (χ0v) is 17.0. The monoisotopic (exact) mass is 377 g/mol. The van der Waals surface area contributed by atoms with Crippen LogP contribution < -0.4 is 5.32 Å². The molecular weight excluding hydrogens is 346 g/mol. The Hall–Kier alpha value is -2.18. The van der Waals surface area contributed by atoms with Gasteiger partial charge in [0.15, 0.2) is 11.4 Å². The van der Waals surface area contributed by atoms with Crippen molar-refractivity contribution in [3.8, 4) is 0 Å². The number of allylic oxidation sites excluding steroid dienone is 4. The lowest BCUT2D eigenvalue weighted by atomic mass is 9.77. The van der Waals surface area contributed by atoms with Crippen LogP contribution in [0, 0.1) is 0 Å². The van der Waals surface area contributed by atoms with Crippen molar-refractivity contribution in [1.82, 2.24) is 5.32 Å². The van der Waals surface area contributed by atoms with Crippen molar-refractivity contribution in [2.45, 2.75) is 65.5 Å². The molecule has 6 heteroatoms. The van der Waals surface area contributed by atoms with Gasteiger partial charge in [0.25, 0.3) is 0 Å². The van der Waals surface area contributed by atoms with Crippen LogP contribution in [0.2, 0.25) is 0 Å². The summed E-state index contributed by atoms with van der Waals surface area (Å²) in [5.74, 6) is -2.69. The topological polar surface area (TPSA) is 107 Å². The fourth-order valence-electron chi connectivity index (χ4n) is 2.72. The lowest BCUT2D eigenvalue weighted by Gasteiger charge is -2.32. The smallest absolute Gasteiger partial charge is 0.209 e. The Morgan fingerprint density at radius 2 is 1.70 bits per heavy atom. The highest BCUT2D eigenvalue weighted by Gasteiger charge is 2.49. The normalized spacial score (nSPS) is 21.2. The molecule has 0 bridgehead atoms. The van der Waals surface area contributed by atoms with Crippen molar-refractivity contribution < 1.29 is 24.9 Å². The van der Waals surface area contributed by atoms with Gasteiger partial charge in [0.2, 0.25) is 5.78 Å². The number of carbonyl (C=O) groups is 2. The van der Waals surface area contributed by atoms with E-state index < -0.39 is 34.3 Å². The summed E-state index contributed by atoms with van der Waals surface area (Å²) in [5.41, 5.74) is -0.921. The van der Waals surface area contributed by atoms with E-state index in [1.165, 1.54) is 0 Å². The Balaban J connectivity index is 3.55. The first-order valence-electron chi connectivity index (χ1n) is 9.06. The van der Waals surface area contributed by atoms with Gasteiger partial charge in [-0.3, -0.25) is 9.59 Å². The average Bonchev–Trinajstić information content (AvgIpc) is 2.58. The predicted octanol–water partition coefficient (Wildman–Crippen LogP) is 3.20.